The summed E-state index contributed by atoms with van der Waals surface area (Å²) in [4.78, 5) is 15.4. The molecule has 0 aliphatic carbocycles. The van der Waals surface area contributed by atoms with Gasteiger partial charge in [-0.2, -0.15) is 0 Å². The highest BCUT2D eigenvalue weighted by Crippen LogP contribution is 2.31. The van der Waals surface area contributed by atoms with E-state index in [4.69, 9.17) is 9.47 Å². The summed E-state index contributed by atoms with van der Waals surface area (Å²) in [7, 11) is 3.23. The average Bonchev–Trinajstić information content (AvgIpc) is 2.87. The number of ether oxygens (including phenoxy) is 2. The van der Waals surface area contributed by atoms with Gasteiger partial charge in [0.05, 0.1) is 20.3 Å². The Morgan fingerprint density at radius 2 is 1.70 bits per heavy atom. The van der Waals surface area contributed by atoms with Gasteiger partial charge in [0.1, 0.15) is 0 Å². The van der Waals surface area contributed by atoms with Crippen LogP contribution in [0.5, 0.6) is 11.5 Å². The molecular weight excluding hydrogens is 412 g/mol. The third kappa shape index (κ3) is 5.37. The fourth-order valence-electron chi connectivity index (χ4n) is 4.44. The van der Waals surface area contributed by atoms with E-state index in [1.807, 2.05) is 30.3 Å². The molecule has 1 unspecified atom stereocenters. The number of hydrogen-bond donors (Lipinski definition) is 1. The smallest absolute Gasteiger partial charge is 0.251 e. The van der Waals surface area contributed by atoms with Crippen molar-refractivity contribution in [1.29, 1.82) is 0 Å². The molecule has 0 saturated carbocycles. The van der Waals surface area contributed by atoms with Crippen molar-refractivity contribution in [3.05, 3.63) is 94.5 Å². The van der Waals surface area contributed by atoms with Crippen LogP contribution in [0.4, 0.5) is 0 Å². The largest absolute Gasteiger partial charge is 0.493 e. The fourth-order valence-corrected chi connectivity index (χ4v) is 4.44. The van der Waals surface area contributed by atoms with Crippen LogP contribution in [0, 0.1) is 0 Å². The van der Waals surface area contributed by atoms with Crippen LogP contribution in [0.25, 0.3) is 0 Å². The zero-order valence-corrected chi connectivity index (χ0v) is 19.6. The first-order valence-electron chi connectivity index (χ1n) is 11.5. The van der Waals surface area contributed by atoms with Crippen molar-refractivity contribution in [2.45, 2.75) is 38.9 Å². The lowest BCUT2D eigenvalue weighted by Crippen LogP contribution is -2.30. The molecule has 0 bridgehead atoms. The molecule has 0 fully saturated rings. The van der Waals surface area contributed by atoms with E-state index in [0.29, 0.717) is 17.1 Å². The Hall–Kier alpha value is -3.31. The number of carbonyl (C=O) groups excluding carboxylic acids is 1. The fraction of sp³-hybridized carbons (Fsp3) is 0.321. The first kappa shape index (κ1) is 22.9. The normalized spacial score (nSPS) is 14.3. The first-order chi connectivity index (χ1) is 16.1. The lowest BCUT2D eigenvalue weighted by atomic mass is 9.99. The standard InChI is InChI=1S/C28H32N2O3/c1-4-25(23-13-14-26(32-2)27(17-23)33-3)29-28(31)22-11-9-20(10-12-22)18-30-16-15-21-7-5-6-8-24(21)19-30/h5-14,17,25H,4,15-16,18-19H2,1-3H3,(H,29,31). The van der Waals surface area contributed by atoms with Crippen molar-refractivity contribution in [1.82, 2.24) is 10.2 Å². The van der Waals surface area contributed by atoms with E-state index >= 15 is 0 Å². The Morgan fingerprint density at radius 3 is 2.39 bits per heavy atom. The van der Waals surface area contributed by atoms with E-state index in [1.165, 1.54) is 16.7 Å². The van der Waals surface area contributed by atoms with Gasteiger partial charge in [0.25, 0.3) is 5.91 Å². The Morgan fingerprint density at radius 1 is 0.970 bits per heavy atom. The quantitative estimate of drug-likeness (QED) is 0.523. The third-order valence-corrected chi connectivity index (χ3v) is 6.36. The minimum atomic E-state index is -0.106. The van der Waals surface area contributed by atoms with Gasteiger partial charge < -0.3 is 14.8 Å². The van der Waals surface area contributed by atoms with Gasteiger partial charge in [-0.25, -0.2) is 0 Å². The number of fused-ring (bicyclic) bond motifs is 1. The van der Waals surface area contributed by atoms with Crippen LogP contribution in [0.1, 0.15) is 52.0 Å². The molecule has 1 N–H and O–H groups in total. The van der Waals surface area contributed by atoms with Gasteiger partial charge in [0, 0.05) is 25.2 Å². The van der Waals surface area contributed by atoms with Crippen LogP contribution in [0.15, 0.2) is 66.7 Å². The number of hydrogen-bond acceptors (Lipinski definition) is 4. The van der Waals surface area contributed by atoms with Gasteiger partial charge in [-0.05, 0) is 59.4 Å². The molecule has 1 atom stereocenters. The first-order valence-corrected chi connectivity index (χ1v) is 11.5. The minimum Gasteiger partial charge on any atom is -0.493 e. The highest BCUT2D eigenvalue weighted by atomic mass is 16.5. The van der Waals surface area contributed by atoms with Gasteiger partial charge in [0.15, 0.2) is 11.5 Å². The Kier molecular flexibility index (Phi) is 7.30. The second kappa shape index (κ2) is 10.5. The number of methoxy groups -OCH3 is 2. The van der Waals surface area contributed by atoms with Crippen molar-refractivity contribution in [2.24, 2.45) is 0 Å². The van der Waals surface area contributed by atoms with Crippen LogP contribution in [0.3, 0.4) is 0 Å². The molecule has 3 aromatic rings. The van der Waals surface area contributed by atoms with Crippen molar-refractivity contribution >= 4 is 5.91 Å². The predicted octanol–water partition coefficient (Wildman–Crippen LogP) is 5.14. The lowest BCUT2D eigenvalue weighted by molar-refractivity contribution is 0.0935. The summed E-state index contributed by atoms with van der Waals surface area (Å²) in [5.74, 6) is 1.26. The van der Waals surface area contributed by atoms with Crippen LogP contribution < -0.4 is 14.8 Å². The summed E-state index contributed by atoms with van der Waals surface area (Å²) < 4.78 is 10.7. The van der Waals surface area contributed by atoms with E-state index in [-0.39, 0.29) is 11.9 Å². The molecule has 1 heterocycles. The maximum atomic E-state index is 12.9. The van der Waals surface area contributed by atoms with Crippen LogP contribution in [-0.4, -0.2) is 31.6 Å². The topological polar surface area (TPSA) is 50.8 Å². The van der Waals surface area contributed by atoms with Crippen molar-refractivity contribution in [3.8, 4) is 11.5 Å². The summed E-state index contributed by atoms with van der Waals surface area (Å²) in [5, 5.41) is 3.15. The van der Waals surface area contributed by atoms with Crippen molar-refractivity contribution in [3.63, 3.8) is 0 Å². The Labute approximate surface area is 196 Å². The zero-order chi connectivity index (χ0) is 23.2. The van der Waals surface area contributed by atoms with E-state index < -0.39 is 0 Å². The van der Waals surface area contributed by atoms with Gasteiger partial charge in [0.2, 0.25) is 0 Å². The van der Waals surface area contributed by atoms with Gasteiger partial charge in [-0.3, -0.25) is 9.69 Å². The minimum absolute atomic E-state index is 0.0740. The number of benzene rings is 3. The van der Waals surface area contributed by atoms with E-state index in [9.17, 15) is 4.79 Å². The molecule has 0 radical (unpaired) electrons. The SMILES string of the molecule is CCC(NC(=O)c1ccc(CN2CCc3ccccc3C2)cc1)c1ccc(OC)c(OC)c1. The molecule has 1 aliphatic heterocycles. The van der Waals surface area contributed by atoms with Gasteiger partial charge >= 0.3 is 0 Å². The van der Waals surface area contributed by atoms with Gasteiger partial charge in [-0.1, -0.05) is 49.4 Å². The molecule has 0 spiro atoms. The van der Waals surface area contributed by atoms with E-state index in [1.54, 1.807) is 14.2 Å². The number of carbonyl (C=O) groups is 1. The molecule has 33 heavy (non-hydrogen) atoms. The van der Waals surface area contributed by atoms with E-state index in [2.05, 4.69) is 53.5 Å². The molecule has 1 amide bonds. The van der Waals surface area contributed by atoms with Crippen LogP contribution in [0.2, 0.25) is 0 Å². The van der Waals surface area contributed by atoms with Gasteiger partial charge in [-0.15, -0.1) is 0 Å². The van der Waals surface area contributed by atoms with Crippen LogP contribution >= 0.6 is 0 Å². The summed E-state index contributed by atoms with van der Waals surface area (Å²) in [5.41, 5.74) is 5.76. The molecule has 5 heteroatoms. The molecular formula is C28H32N2O3. The molecule has 1 aliphatic rings. The third-order valence-electron chi connectivity index (χ3n) is 6.36. The van der Waals surface area contributed by atoms with Crippen molar-refractivity contribution < 1.29 is 14.3 Å². The maximum Gasteiger partial charge on any atom is 0.251 e. The average molecular weight is 445 g/mol. The molecule has 5 nitrogen and oxygen atoms in total. The predicted molar refractivity (Wildman–Crippen MR) is 131 cm³/mol. The molecule has 3 aromatic carbocycles. The second-order valence-corrected chi connectivity index (χ2v) is 8.48. The number of amides is 1. The highest BCUT2D eigenvalue weighted by molar-refractivity contribution is 5.94. The Bertz CT molecular complexity index is 1090. The van der Waals surface area contributed by atoms with E-state index in [0.717, 1.165) is 38.0 Å². The second-order valence-electron chi connectivity index (χ2n) is 8.48. The van der Waals surface area contributed by atoms with Crippen molar-refractivity contribution in [2.75, 3.05) is 20.8 Å². The monoisotopic (exact) mass is 444 g/mol. The lowest BCUT2D eigenvalue weighted by Gasteiger charge is -2.28. The summed E-state index contributed by atoms with van der Waals surface area (Å²) in [6.45, 7) is 4.98. The summed E-state index contributed by atoms with van der Waals surface area (Å²) in [6.07, 6.45) is 1.86. The Balaban J connectivity index is 1.39. The number of rotatable bonds is 8. The van der Waals surface area contributed by atoms with Crippen LogP contribution in [-0.2, 0) is 19.5 Å². The molecule has 0 saturated heterocycles. The number of nitrogens with zero attached hydrogens (tertiary/aromatic N) is 1. The number of nitrogens with one attached hydrogen (secondary N) is 1. The summed E-state index contributed by atoms with van der Waals surface area (Å²) in [6, 6.07) is 22.3. The molecule has 0 aromatic heterocycles. The zero-order valence-electron chi connectivity index (χ0n) is 19.6. The maximum absolute atomic E-state index is 12.9. The molecule has 4 rings (SSSR count). The summed E-state index contributed by atoms with van der Waals surface area (Å²) >= 11 is 0. The highest BCUT2D eigenvalue weighted by Gasteiger charge is 2.18. The molecule has 172 valence electrons.